The predicted molar refractivity (Wildman–Crippen MR) is 93.5 cm³/mol. The highest BCUT2D eigenvalue weighted by molar-refractivity contribution is 6.29. The van der Waals surface area contributed by atoms with E-state index in [-0.39, 0.29) is 11.4 Å². The molecule has 0 unspecified atom stereocenters. The fraction of sp³-hybridized carbons (Fsp3) is 0.158. The summed E-state index contributed by atoms with van der Waals surface area (Å²) in [5, 5.41) is 2.72. The minimum Gasteiger partial charge on any atom is -0.398 e. The van der Waals surface area contributed by atoms with E-state index in [1.807, 2.05) is 32.0 Å². The summed E-state index contributed by atoms with van der Waals surface area (Å²) in [6, 6.07) is 12.5. The molecule has 0 fully saturated rings. The smallest absolute Gasteiger partial charge is 0.259 e. The third-order valence-corrected chi connectivity index (χ3v) is 3.70. The number of rotatable bonds is 4. The number of hydrogen-bond acceptors (Lipinski definition) is 3. The lowest BCUT2D eigenvalue weighted by atomic mass is 9.98. The molecule has 118 valence electrons. The lowest BCUT2D eigenvalue weighted by molar-refractivity contribution is -0.112. The van der Waals surface area contributed by atoms with Crippen LogP contribution in [-0.4, -0.2) is 11.7 Å². The Morgan fingerprint density at radius 1 is 1.04 bits per heavy atom. The number of hydrogen-bond donors (Lipinski definition) is 2. The number of benzene rings is 2. The molecule has 0 saturated heterocycles. The molecule has 0 bridgehead atoms. The SMILES string of the molecule is C/C=C(/C(=O)Nc1ccc(C)c(N)c1)C(=O)c1ccccc1C. The van der Waals surface area contributed by atoms with Crippen LogP contribution in [0.4, 0.5) is 11.4 Å². The zero-order valence-corrected chi connectivity index (χ0v) is 13.5. The van der Waals surface area contributed by atoms with Gasteiger partial charge in [-0.2, -0.15) is 0 Å². The number of carbonyl (C=O) groups excluding carboxylic acids is 2. The molecule has 23 heavy (non-hydrogen) atoms. The molecule has 0 aliphatic rings. The van der Waals surface area contributed by atoms with Gasteiger partial charge in [0.2, 0.25) is 0 Å². The summed E-state index contributed by atoms with van der Waals surface area (Å²) in [5.41, 5.74) is 9.41. The molecule has 0 saturated carbocycles. The fourth-order valence-corrected chi connectivity index (χ4v) is 2.25. The van der Waals surface area contributed by atoms with Crippen molar-refractivity contribution in [2.75, 3.05) is 11.1 Å². The van der Waals surface area contributed by atoms with E-state index in [0.717, 1.165) is 11.1 Å². The van der Waals surface area contributed by atoms with Gasteiger partial charge in [-0.3, -0.25) is 9.59 Å². The molecule has 2 rings (SSSR count). The van der Waals surface area contributed by atoms with Gasteiger partial charge in [0.25, 0.3) is 5.91 Å². The number of anilines is 2. The highest BCUT2D eigenvalue weighted by Gasteiger charge is 2.20. The third kappa shape index (κ3) is 3.66. The normalized spacial score (nSPS) is 11.2. The maximum atomic E-state index is 12.6. The average molecular weight is 308 g/mol. The molecule has 0 radical (unpaired) electrons. The van der Waals surface area contributed by atoms with Crippen LogP contribution in [0, 0.1) is 13.8 Å². The highest BCUT2D eigenvalue weighted by Crippen LogP contribution is 2.19. The summed E-state index contributed by atoms with van der Waals surface area (Å²) in [6.45, 7) is 5.41. The van der Waals surface area contributed by atoms with Crippen LogP contribution in [0.3, 0.4) is 0 Å². The van der Waals surface area contributed by atoms with Gasteiger partial charge in [-0.05, 0) is 44.0 Å². The van der Waals surface area contributed by atoms with Crippen LogP contribution >= 0.6 is 0 Å². The van der Waals surface area contributed by atoms with Crippen LogP contribution in [0.2, 0.25) is 0 Å². The minimum absolute atomic E-state index is 0.110. The van der Waals surface area contributed by atoms with Gasteiger partial charge < -0.3 is 11.1 Å². The Hall–Kier alpha value is -2.88. The van der Waals surface area contributed by atoms with E-state index in [4.69, 9.17) is 5.73 Å². The number of allylic oxidation sites excluding steroid dienone is 1. The first-order valence-electron chi connectivity index (χ1n) is 7.38. The van der Waals surface area contributed by atoms with Crippen molar-refractivity contribution < 1.29 is 9.59 Å². The van der Waals surface area contributed by atoms with Gasteiger partial charge in [-0.1, -0.05) is 36.4 Å². The number of nitrogens with one attached hydrogen (secondary N) is 1. The molecule has 0 aliphatic heterocycles. The number of amides is 1. The van der Waals surface area contributed by atoms with Gasteiger partial charge in [0, 0.05) is 16.9 Å². The first-order valence-corrected chi connectivity index (χ1v) is 7.38. The van der Waals surface area contributed by atoms with Gasteiger partial charge in [-0.15, -0.1) is 0 Å². The second-order valence-electron chi connectivity index (χ2n) is 5.37. The van der Waals surface area contributed by atoms with Crippen molar-refractivity contribution in [3.8, 4) is 0 Å². The van der Waals surface area contributed by atoms with Gasteiger partial charge >= 0.3 is 0 Å². The Morgan fingerprint density at radius 2 is 1.74 bits per heavy atom. The van der Waals surface area contributed by atoms with E-state index in [1.54, 1.807) is 31.2 Å². The van der Waals surface area contributed by atoms with E-state index >= 15 is 0 Å². The maximum absolute atomic E-state index is 12.6. The largest absolute Gasteiger partial charge is 0.398 e. The first kappa shape index (κ1) is 16.5. The summed E-state index contributed by atoms with van der Waals surface area (Å²) < 4.78 is 0. The van der Waals surface area contributed by atoms with E-state index in [9.17, 15) is 9.59 Å². The number of nitrogen functional groups attached to an aromatic ring is 1. The van der Waals surface area contributed by atoms with Crippen molar-refractivity contribution >= 4 is 23.1 Å². The Morgan fingerprint density at radius 3 is 2.35 bits per heavy atom. The summed E-state index contributed by atoms with van der Waals surface area (Å²) in [4.78, 5) is 25.0. The van der Waals surface area contributed by atoms with Gasteiger partial charge in [0.05, 0.1) is 5.57 Å². The van der Waals surface area contributed by atoms with Crippen LogP contribution in [0.15, 0.2) is 54.1 Å². The minimum atomic E-state index is -0.441. The first-order chi connectivity index (χ1) is 10.9. The quantitative estimate of drug-likeness (QED) is 0.298. The molecule has 0 aromatic heterocycles. The molecule has 1 amide bonds. The lowest BCUT2D eigenvalue weighted by Gasteiger charge is -2.11. The summed E-state index contributed by atoms with van der Waals surface area (Å²) in [6.07, 6.45) is 1.53. The molecule has 4 heteroatoms. The second-order valence-corrected chi connectivity index (χ2v) is 5.37. The van der Waals surface area contributed by atoms with Crippen LogP contribution in [-0.2, 0) is 4.79 Å². The molecule has 0 aliphatic carbocycles. The number of carbonyl (C=O) groups is 2. The summed E-state index contributed by atoms with van der Waals surface area (Å²) >= 11 is 0. The van der Waals surface area contributed by atoms with Crippen molar-refractivity contribution in [1.29, 1.82) is 0 Å². The Balaban J connectivity index is 2.24. The molecule has 0 atom stereocenters. The summed E-state index contributed by atoms with van der Waals surface area (Å²) in [7, 11) is 0. The number of nitrogens with two attached hydrogens (primary N) is 1. The van der Waals surface area contributed by atoms with Gasteiger partial charge in [-0.25, -0.2) is 0 Å². The molecule has 4 nitrogen and oxygen atoms in total. The molecule has 3 N–H and O–H groups in total. The average Bonchev–Trinajstić information content (AvgIpc) is 2.52. The van der Waals surface area contributed by atoms with Crippen LogP contribution < -0.4 is 11.1 Å². The third-order valence-electron chi connectivity index (χ3n) is 3.70. The van der Waals surface area contributed by atoms with Crippen LogP contribution in [0.5, 0.6) is 0 Å². The topological polar surface area (TPSA) is 72.2 Å². The molecule has 2 aromatic rings. The van der Waals surface area contributed by atoms with Crippen LogP contribution in [0.1, 0.15) is 28.4 Å². The fourth-order valence-electron chi connectivity index (χ4n) is 2.25. The van der Waals surface area contributed by atoms with Crippen molar-refractivity contribution in [3.63, 3.8) is 0 Å². The zero-order chi connectivity index (χ0) is 17.0. The number of Topliss-reactive ketones (excluding diaryl/α,β-unsaturated/α-hetero) is 1. The zero-order valence-electron chi connectivity index (χ0n) is 13.5. The second kappa shape index (κ2) is 6.92. The van der Waals surface area contributed by atoms with E-state index in [1.165, 1.54) is 6.08 Å². The van der Waals surface area contributed by atoms with Gasteiger partial charge in [0.15, 0.2) is 5.78 Å². The molecule has 0 heterocycles. The molecular weight excluding hydrogens is 288 g/mol. The Kier molecular flexibility index (Phi) is 4.96. The predicted octanol–water partition coefficient (Wildman–Crippen LogP) is 3.65. The summed E-state index contributed by atoms with van der Waals surface area (Å²) in [5.74, 6) is -0.729. The standard InChI is InChI=1S/C19H20N2O2/c1-4-15(18(22)16-8-6-5-7-12(16)2)19(23)21-14-10-9-13(3)17(20)11-14/h4-11H,20H2,1-3H3,(H,21,23)/b15-4+. The van der Waals surface area contributed by atoms with E-state index in [2.05, 4.69) is 5.32 Å². The van der Waals surface area contributed by atoms with E-state index in [0.29, 0.717) is 16.9 Å². The van der Waals surface area contributed by atoms with Crippen LogP contribution in [0.25, 0.3) is 0 Å². The van der Waals surface area contributed by atoms with Crippen molar-refractivity contribution in [3.05, 3.63) is 70.8 Å². The van der Waals surface area contributed by atoms with Crippen molar-refractivity contribution in [1.82, 2.24) is 0 Å². The molecular formula is C19H20N2O2. The van der Waals surface area contributed by atoms with E-state index < -0.39 is 5.91 Å². The van der Waals surface area contributed by atoms with Crippen molar-refractivity contribution in [2.45, 2.75) is 20.8 Å². The molecule has 0 spiro atoms. The monoisotopic (exact) mass is 308 g/mol. The Bertz CT molecular complexity index is 792. The number of ketones is 1. The highest BCUT2D eigenvalue weighted by atomic mass is 16.2. The number of aryl methyl sites for hydroxylation is 2. The van der Waals surface area contributed by atoms with Crippen molar-refractivity contribution in [2.24, 2.45) is 0 Å². The van der Waals surface area contributed by atoms with Gasteiger partial charge in [0.1, 0.15) is 0 Å². The lowest BCUT2D eigenvalue weighted by Crippen LogP contribution is -2.21. The maximum Gasteiger partial charge on any atom is 0.259 e. The molecule has 2 aromatic carbocycles. The Labute approximate surface area is 136 Å².